The monoisotopic (exact) mass is 483 g/mol. The third-order valence-corrected chi connectivity index (χ3v) is 6.69. The van der Waals surface area contributed by atoms with Crippen LogP contribution in [0.5, 0.6) is 0 Å². The second kappa shape index (κ2) is 9.33. The largest absolute Gasteiger partial charge is 0.469 e. The predicted octanol–water partition coefficient (Wildman–Crippen LogP) is 4.28. The van der Waals surface area contributed by atoms with Gasteiger partial charge in [0, 0.05) is 50.6 Å². The molecule has 0 radical (unpaired) electrons. The average Bonchev–Trinajstić information content (AvgIpc) is 3.64. The van der Waals surface area contributed by atoms with Gasteiger partial charge in [-0.3, -0.25) is 9.59 Å². The van der Waals surface area contributed by atoms with E-state index >= 15 is 0 Å². The fourth-order valence-corrected chi connectivity index (χ4v) is 4.85. The number of fused-ring (bicyclic) bond motifs is 1. The minimum absolute atomic E-state index is 0.00325. The van der Waals surface area contributed by atoms with Gasteiger partial charge in [0.15, 0.2) is 11.5 Å². The van der Waals surface area contributed by atoms with E-state index in [1.807, 2.05) is 42.5 Å². The van der Waals surface area contributed by atoms with Crippen molar-refractivity contribution in [2.45, 2.75) is 18.8 Å². The lowest BCUT2D eigenvalue weighted by atomic mass is 9.84. The number of Topliss-reactive ketones (excluding diaryl/α,β-unsaturated/α-hetero) is 1. The predicted molar refractivity (Wildman–Crippen MR) is 133 cm³/mol. The molecular weight excluding hydrogens is 458 g/mol. The molecule has 1 saturated heterocycles. The van der Waals surface area contributed by atoms with Gasteiger partial charge in [-0.05, 0) is 36.4 Å². The number of hydrogen-bond donors (Lipinski definition) is 1. The molecule has 182 valence electrons. The zero-order valence-electron chi connectivity index (χ0n) is 19.6. The number of para-hydroxylation sites is 1. The first-order chi connectivity index (χ1) is 17.7. The van der Waals surface area contributed by atoms with Gasteiger partial charge >= 0.3 is 0 Å². The number of rotatable bonds is 5. The van der Waals surface area contributed by atoms with Crippen molar-refractivity contribution in [3.05, 3.63) is 89.9 Å². The van der Waals surface area contributed by atoms with Gasteiger partial charge in [-0.2, -0.15) is 4.98 Å². The fourth-order valence-electron chi connectivity index (χ4n) is 4.85. The second-order valence-corrected chi connectivity index (χ2v) is 8.99. The van der Waals surface area contributed by atoms with Crippen LogP contribution >= 0.6 is 0 Å². The number of ketones is 1. The molecule has 1 amide bonds. The van der Waals surface area contributed by atoms with Gasteiger partial charge in [-0.25, -0.2) is 4.98 Å². The summed E-state index contributed by atoms with van der Waals surface area (Å²) in [5.41, 5.74) is 2.10. The van der Waals surface area contributed by atoms with Gasteiger partial charge in [0.1, 0.15) is 11.6 Å². The van der Waals surface area contributed by atoms with Crippen LogP contribution in [0.1, 0.15) is 44.7 Å². The number of hydrogen-bond acceptors (Lipinski definition) is 8. The van der Waals surface area contributed by atoms with Gasteiger partial charge in [-0.1, -0.05) is 18.2 Å². The zero-order valence-corrected chi connectivity index (χ0v) is 19.6. The van der Waals surface area contributed by atoms with E-state index in [1.165, 1.54) is 6.26 Å². The van der Waals surface area contributed by atoms with Gasteiger partial charge in [0.25, 0.3) is 5.91 Å². The van der Waals surface area contributed by atoms with Crippen molar-refractivity contribution in [3.8, 4) is 0 Å². The van der Waals surface area contributed by atoms with Crippen molar-refractivity contribution in [2.24, 2.45) is 0 Å². The molecule has 1 atom stereocenters. The number of furan rings is 2. The first kappa shape index (κ1) is 22.1. The van der Waals surface area contributed by atoms with Crippen LogP contribution < -0.4 is 10.2 Å². The SMILES string of the molecule is O=C1CC(c2ccco2)Cc2nc(N3CCN(C(=O)c4ccco4)CC3)nc(Nc3ccccc3)c21. The lowest BCUT2D eigenvalue weighted by Crippen LogP contribution is -2.49. The Morgan fingerprint density at radius 2 is 1.67 bits per heavy atom. The molecule has 4 aromatic rings. The molecule has 4 heterocycles. The van der Waals surface area contributed by atoms with Gasteiger partial charge in [0.2, 0.25) is 5.95 Å². The van der Waals surface area contributed by atoms with Crippen LogP contribution in [-0.4, -0.2) is 52.7 Å². The minimum Gasteiger partial charge on any atom is -0.469 e. The Morgan fingerprint density at radius 1 is 0.889 bits per heavy atom. The second-order valence-electron chi connectivity index (χ2n) is 8.99. The summed E-state index contributed by atoms with van der Waals surface area (Å²) in [6, 6.07) is 16.8. The molecule has 1 N–H and O–H groups in total. The maximum absolute atomic E-state index is 13.3. The maximum atomic E-state index is 13.3. The summed E-state index contributed by atoms with van der Waals surface area (Å²) >= 11 is 0. The Balaban J connectivity index is 1.30. The fraction of sp³-hybridized carbons (Fsp3) is 0.259. The van der Waals surface area contributed by atoms with Crippen LogP contribution in [0, 0.1) is 0 Å². The number of anilines is 3. The van der Waals surface area contributed by atoms with E-state index in [2.05, 4.69) is 10.2 Å². The molecule has 1 aromatic carbocycles. The number of aromatic nitrogens is 2. The third-order valence-electron chi connectivity index (χ3n) is 6.69. The molecule has 1 fully saturated rings. The van der Waals surface area contributed by atoms with Crippen LogP contribution in [0.3, 0.4) is 0 Å². The number of carbonyl (C=O) groups excluding carboxylic acids is 2. The van der Waals surface area contributed by atoms with Crippen LogP contribution in [0.4, 0.5) is 17.5 Å². The third kappa shape index (κ3) is 4.24. The highest BCUT2D eigenvalue weighted by molar-refractivity contribution is 6.03. The van der Waals surface area contributed by atoms with Crippen molar-refractivity contribution >= 4 is 29.1 Å². The molecule has 2 aliphatic rings. The quantitative estimate of drug-likeness (QED) is 0.449. The lowest BCUT2D eigenvalue weighted by Gasteiger charge is -2.35. The first-order valence-corrected chi connectivity index (χ1v) is 12.0. The number of amides is 1. The van der Waals surface area contributed by atoms with E-state index < -0.39 is 0 Å². The Morgan fingerprint density at radius 3 is 2.39 bits per heavy atom. The van der Waals surface area contributed by atoms with Gasteiger partial charge in [0.05, 0.1) is 23.8 Å². The molecule has 1 aliphatic carbocycles. The number of benzene rings is 1. The number of piperazine rings is 1. The Labute approximate surface area is 207 Å². The van der Waals surface area contributed by atoms with Crippen LogP contribution in [0.15, 0.2) is 76.0 Å². The van der Waals surface area contributed by atoms with Crippen molar-refractivity contribution in [3.63, 3.8) is 0 Å². The summed E-state index contributed by atoms with van der Waals surface area (Å²) in [5.74, 6) is 2.00. The minimum atomic E-state index is -0.121. The van der Waals surface area contributed by atoms with Crippen molar-refractivity contribution in [2.75, 3.05) is 36.4 Å². The van der Waals surface area contributed by atoms with E-state index in [4.69, 9.17) is 18.8 Å². The summed E-state index contributed by atoms with van der Waals surface area (Å²) in [6.45, 7) is 2.20. The van der Waals surface area contributed by atoms with Crippen LogP contribution in [-0.2, 0) is 6.42 Å². The van der Waals surface area contributed by atoms with Gasteiger partial charge in [-0.15, -0.1) is 0 Å². The van der Waals surface area contributed by atoms with E-state index in [0.717, 1.165) is 11.4 Å². The molecule has 9 nitrogen and oxygen atoms in total. The summed E-state index contributed by atoms with van der Waals surface area (Å²) in [4.78, 5) is 39.4. The molecule has 3 aromatic heterocycles. The number of carbonyl (C=O) groups is 2. The standard InChI is InChI=1S/C27H25N5O4/c33-21-17-18(22-8-4-14-35-22)16-20-24(21)25(28-19-6-2-1-3-7-19)30-27(29-20)32-12-10-31(11-13-32)26(34)23-9-5-15-36-23/h1-9,14-15,18H,10-13,16-17H2,(H,28,29,30). The highest BCUT2D eigenvalue weighted by atomic mass is 16.3. The Bertz CT molecular complexity index is 1360. The Kier molecular flexibility index (Phi) is 5.73. The summed E-state index contributed by atoms with van der Waals surface area (Å²) in [7, 11) is 0. The average molecular weight is 484 g/mol. The molecule has 0 bridgehead atoms. The smallest absolute Gasteiger partial charge is 0.289 e. The molecule has 1 unspecified atom stereocenters. The molecule has 6 rings (SSSR count). The highest BCUT2D eigenvalue weighted by Crippen LogP contribution is 2.36. The molecule has 0 saturated carbocycles. The Hall–Kier alpha value is -4.40. The number of nitrogens with zero attached hydrogens (tertiary/aromatic N) is 4. The van der Waals surface area contributed by atoms with Crippen molar-refractivity contribution in [1.82, 2.24) is 14.9 Å². The molecule has 36 heavy (non-hydrogen) atoms. The maximum Gasteiger partial charge on any atom is 0.289 e. The zero-order chi connectivity index (χ0) is 24.5. The van der Waals surface area contributed by atoms with E-state index in [0.29, 0.717) is 67.8 Å². The summed E-state index contributed by atoms with van der Waals surface area (Å²) < 4.78 is 10.9. The summed E-state index contributed by atoms with van der Waals surface area (Å²) in [5, 5.41) is 3.34. The van der Waals surface area contributed by atoms with Crippen LogP contribution in [0.25, 0.3) is 0 Å². The highest BCUT2D eigenvalue weighted by Gasteiger charge is 2.34. The molecular formula is C27H25N5O4. The lowest BCUT2D eigenvalue weighted by molar-refractivity contribution is 0.0714. The number of nitrogens with one attached hydrogen (secondary N) is 1. The summed E-state index contributed by atoms with van der Waals surface area (Å²) in [6.07, 6.45) is 4.07. The van der Waals surface area contributed by atoms with E-state index in [-0.39, 0.29) is 17.6 Å². The molecule has 1 aliphatic heterocycles. The van der Waals surface area contributed by atoms with Crippen LogP contribution in [0.2, 0.25) is 0 Å². The topological polar surface area (TPSA) is 105 Å². The first-order valence-electron chi connectivity index (χ1n) is 12.0. The van der Waals surface area contributed by atoms with Crippen molar-refractivity contribution < 1.29 is 18.4 Å². The normalized spacial score (nSPS) is 17.7. The van der Waals surface area contributed by atoms with Crippen molar-refractivity contribution in [1.29, 1.82) is 0 Å². The molecule has 9 heteroatoms. The van der Waals surface area contributed by atoms with Gasteiger partial charge < -0.3 is 24.0 Å². The van der Waals surface area contributed by atoms with E-state index in [1.54, 1.807) is 23.3 Å². The van der Waals surface area contributed by atoms with E-state index in [9.17, 15) is 9.59 Å². The molecule has 0 spiro atoms.